The first-order chi connectivity index (χ1) is 15.8. The quantitative estimate of drug-likeness (QED) is 0.418. The van der Waals surface area contributed by atoms with Crippen LogP contribution in [-0.4, -0.2) is 28.0 Å². The minimum absolute atomic E-state index is 0.106. The third-order valence-electron chi connectivity index (χ3n) is 7.48. The smallest absolute Gasteiger partial charge is 0.322 e. The first-order valence-corrected chi connectivity index (χ1v) is 13.0. The summed E-state index contributed by atoms with van der Waals surface area (Å²) in [5.74, 6) is -0.971. The highest BCUT2D eigenvalue weighted by molar-refractivity contribution is 6.31. The van der Waals surface area contributed by atoms with Gasteiger partial charge in [-0.2, -0.15) is 0 Å². The monoisotopic (exact) mass is 488 g/mol. The summed E-state index contributed by atoms with van der Waals surface area (Å²) < 4.78 is 0. The molecule has 1 saturated carbocycles. The molecule has 34 heavy (non-hydrogen) atoms. The van der Waals surface area contributed by atoms with Crippen molar-refractivity contribution in [1.29, 1.82) is 0 Å². The van der Waals surface area contributed by atoms with Crippen molar-refractivity contribution < 1.29 is 14.7 Å². The predicted octanol–water partition coefficient (Wildman–Crippen LogP) is 7.13. The van der Waals surface area contributed by atoms with Gasteiger partial charge in [0.05, 0.1) is 11.5 Å². The molecule has 1 fully saturated rings. The molecule has 2 unspecified atom stereocenters. The molecular formula is C28H41ClN2O3. The minimum atomic E-state index is -0.761. The largest absolute Gasteiger partial charge is 0.481 e. The van der Waals surface area contributed by atoms with Gasteiger partial charge in [0.15, 0.2) is 0 Å². The van der Waals surface area contributed by atoms with E-state index in [1.54, 1.807) is 4.90 Å². The van der Waals surface area contributed by atoms with E-state index in [0.29, 0.717) is 12.8 Å². The number of carbonyl (C=O) groups is 2. The molecule has 6 heteroatoms. The van der Waals surface area contributed by atoms with E-state index in [0.717, 1.165) is 53.8 Å². The number of hydrogen-bond acceptors (Lipinski definition) is 2. The van der Waals surface area contributed by atoms with Gasteiger partial charge in [0.1, 0.15) is 0 Å². The second-order valence-electron chi connectivity index (χ2n) is 11.8. The van der Waals surface area contributed by atoms with Crippen LogP contribution in [0.5, 0.6) is 0 Å². The Kier molecular flexibility index (Phi) is 8.07. The Morgan fingerprint density at radius 2 is 1.94 bits per heavy atom. The molecule has 1 heterocycles. The second kappa shape index (κ2) is 10.3. The van der Waals surface area contributed by atoms with Crippen molar-refractivity contribution in [3.8, 4) is 0 Å². The number of carbonyl (C=O) groups excluding carboxylic acids is 1. The molecule has 0 saturated heterocycles. The molecule has 1 aromatic carbocycles. The molecule has 0 bridgehead atoms. The number of nitrogens with zero attached hydrogens (tertiary/aromatic N) is 1. The third kappa shape index (κ3) is 5.97. The lowest BCUT2D eigenvalue weighted by Gasteiger charge is -2.44. The van der Waals surface area contributed by atoms with Crippen molar-refractivity contribution in [2.75, 3.05) is 0 Å². The van der Waals surface area contributed by atoms with E-state index in [2.05, 4.69) is 52.1 Å². The zero-order valence-corrected chi connectivity index (χ0v) is 22.3. The first-order valence-electron chi connectivity index (χ1n) is 12.7. The van der Waals surface area contributed by atoms with Crippen LogP contribution in [0.2, 0.25) is 5.02 Å². The Morgan fingerprint density at radius 1 is 1.26 bits per heavy atom. The maximum atomic E-state index is 13.4. The molecule has 188 valence electrons. The van der Waals surface area contributed by atoms with Gasteiger partial charge in [-0.15, -0.1) is 0 Å². The number of nitrogens with one attached hydrogen (secondary N) is 1. The molecular weight excluding hydrogens is 448 g/mol. The predicted molar refractivity (Wildman–Crippen MR) is 138 cm³/mol. The average molecular weight is 489 g/mol. The molecule has 0 aromatic heterocycles. The number of benzene rings is 1. The number of carboxylic acids is 1. The Morgan fingerprint density at radius 3 is 2.53 bits per heavy atom. The fraction of sp³-hybridized carbons (Fsp3) is 0.643. The average Bonchev–Trinajstić information content (AvgIpc) is 2.98. The topological polar surface area (TPSA) is 69.6 Å². The van der Waals surface area contributed by atoms with Gasteiger partial charge in [0.25, 0.3) is 0 Å². The lowest BCUT2D eigenvalue weighted by Crippen LogP contribution is -2.57. The summed E-state index contributed by atoms with van der Waals surface area (Å²) in [6.45, 7) is 13.0. The lowest BCUT2D eigenvalue weighted by atomic mass is 9.77. The van der Waals surface area contributed by atoms with E-state index in [1.165, 1.54) is 0 Å². The summed E-state index contributed by atoms with van der Waals surface area (Å²) in [6.07, 6.45) is 7.77. The summed E-state index contributed by atoms with van der Waals surface area (Å²) in [7, 11) is 0. The lowest BCUT2D eigenvalue weighted by molar-refractivity contribution is -0.142. The minimum Gasteiger partial charge on any atom is -0.481 e. The van der Waals surface area contributed by atoms with Crippen LogP contribution in [0.25, 0.3) is 0 Å². The highest BCUT2D eigenvalue weighted by atomic mass is 35.5. The van der Waals surface area contributed by atoms with E-state index in [4.69, 9.17) is 11.6 Å². The summed E-state index contributed by atoms with van der Waals surface area (Å²) >= 11 is 6.72. The third-order valence-corrected chi connectivity index (χ3v) is 7.83. The van der Waals surface area contributed by atoms with Crippen LogP contribution < -0.4 is 5.32 Å². The number of aryl methyl sites for hydroxylation is 1. The first kappa shape index (κ1) is 26.6. The summed E-state index contributed by atoms with van der Waals surface area (Å²) in [5, 5.41) is 13.6. The number of urea groups is 1. The van der Waals surface area contributed by atoms with Crippen LogP contribution in [0.15, 0.2) is 30.0 Å². The Balaban J connectivity index is 1.92. The van der Waals surface area contributed by atoms with Crippen molar-refractivity contribution in [3.63, 3.8) is 0 Å². The van der Waals surface area contributed by atoms with Crippen molar-refractivity contribution >= 4 is 23.6 Å². The summed E-state index contributed by atoms with van der Waals surface area (Å²) in [6, 6.07) is 5.90. The van der Waals surface area contributed by atoms with E-state index in [1.807, 2.05) is 19.2 Å². The number of aliphatic carboxylic acids is 1. The van der Waals surface area contributed by atoms with Crippen molar-refractivity contribution in [2.24, 2.45) is 17.3 Å². The van der Waals surface area contributed by atoms with Crippen LogP contribution in [0.3, 0.4) is 0 Å². The van der Waals surface area contributed by atoms with Crippen LogP contribution in [0, 0.1) is 17.3 Å². The van der Waals surface area contributed by atoms with E-state index in [-0.39, 0.29) is 23.4 Å². The van der Waals surface area contributed by atoms with Gasteiger partial charge in [-0.1, -0.05) is 71.2 Å². The maximum Gasteiger partial charge on any atom is 0.322 e. The number of amides is 2. The standard InChI is InChI=1S/C28H41ClN2O3/c1-18(2)23-17-31(22-10-8-7-9-20(15-22)25(32)33)26(34)30-28(23,6)21-12-11-19(24(29)16-21)13-14-27(3,4)5/h11-12,16-18,20,22H,7-10,13-15H2,1-6H3,(H,30,34)(H,32,33)/t20?,22?,28-/m0/s1. The fourth-order valence-electron chi connectivity index (χ4n) is 5.31. The zero-order valence-electron chi connectivity index (χ0n) is 21.6. The van der Waals surface area contributed by atoms with E-state index in [9.17, 15) is 14.7 Å². The van der Waals surface area contributed by atoms with Crippen LogP contribution in [0.1, 0.15) is 91.2 Å². The van der Waals surface area contributed by atoms with E-state index >= 15 is 0 Å². The Bertz CT molecular complexity index is 949. The molecule has 2 amide bonds. The fourth-order valence-corrected chi connectivity index (χ4v) is 5.58. The molecule has 1 aliphatic carbocycles. The van der Waals surface area contributed by atoms with Gasteiger partial charge in [-0.05, 0) is 73.1 Å². The van der Waals surface area contributed by atoms with Gasteiger partial charge in [0.2, 0.25) is 0 Å². The molecule has 3 rings (SSSR count). The maximum absolute atomic E-state index is 13.4. The highest BCUT2D eigenvalue weighted by Crippen LogP contribution is 2.40. The molecule has 0 spiro atoms. The second-order valence-corrected chi connectivity index (χ2v) is 12.2. The van der Waals surface area contributed by atoms with Crippen LogP contribution in [-0.2, 0) is 16.8 Å². The highest BCUT2D eigenvalue weighted by Gasteiger charge is 2.42. The molecule has 3 atom stereocenters. The number of carboxylic acid groups (broad SMARTS) is 1. The van der Waals surface area contributed by atoms with Gasteiger partial charge in [-0.25, -0.2) is 4.79 Å². The number of rotatable bonds is 6. The molecule has 2 N–H and O–H groups in total. The van der Waals surface area contributed by atoms with Crippen LogP contribution >= 0.6 is 11.6 Å². The van der Waals surface area contributed by atoms with Gasteiger partial charge in [-0.3, -0.25) is 9.69 Å². The molecule has 0 radical (unpaired) electrons. The normalized spacial score (nSPS) is 26.2. The molecule has 1 aliphatic heterocycles. The number of halogens is 1. The zero-order chi connectivity index (χ0) is 25.3. The van der Waals surface area contributed by atoms with Gasteiger partial charge >= 0.3 is 12.0 Å². The van der Waals surface area contributed by atoms with Crippen molar-refractivity contribution in [2.45, 2.75) is 98.1 Å². The Labute approximate surface area is 209 Å². The summed E-state index contributed by atoms with van der Waals surface area (Å²) in [5.41, 5.74) is 2.75. The van der Waals surface area contributed by atoms with Crippen molar-refractivity contribution in [3.05, 3.63) is 46.1 Å². The van der Waals surface area contributed by atoms with Crippen molar-refractivity contribution in [1.82, 2.24) is 10.2 Å². The Hall–Kier alpha value is -2.01. The van der Waals surface area contributed by atoms with Gasteiger partial charge < -0.3 is 10.4 Å². The number of hydrogen-bond donors (Lipinski definition) is 2. The van der Waals surface area contributed by atoms with E-state index < -0.39 is 17.4 Å². The van der Waals surface area contributed by atoms with Gasteiger partial charge in [0, 0.05) is 17.3 Å². The van der Waals surface area contributed by atoms with Crippen LogP contribution in [0.4, 0.5) is 4.79 Å². The summed E-state index contributed by atoms with van der Waals surface area (Å²) in [4.78, 5) is 26.8. The molecule has 1 aromatic rings. The molecule has 2 aliphatic rings. The molecule has 5 nitrogen and oxygen atoms in total. The SMILES string of the molecule is CC(C)C1=CN(C2CCCCC(C(=O)O)C2)C(=O)N[C@@]1(C)c1ccc(CCC(C)(C)C)c(Cl)c1.